The average molecular weight is 376 g/mol. The van der Waals surface area contributed by atoms with Crippen molar-refractivity contribution < 1.29 is 8.42 Å². The Hall–Kier alpha value is -2.71. The van der Waals surface area contributed by atoms with Crippen LogP contribution in [0.4, 0.5) is 11.6 Å². The minimum absolute atomic E-state index is 0.0164. The van der Waals surface area contributed by atoms with Gasteiger partial charge in [0.25, 0.3) is 10.0 Å². The fourth-order valence-corrected chi connectivity index (χ4v) is 3.55. The van der Waals surface area contributed by atoms with Crippen LogP contribution < -0.4 is 10.0 Å². The van der Waals surface area contributed by atoms with Gasteiger partial charge < -0.3 is 5.32 Å². The molecule has 0 fully saturated rings. The summed E-state index contributed by atoms with van der Waals surface area (Å²) in [4.78, 5) is 4.01. The molecular formula is C16H14ClN5O2S. The summed E-state index contributed by atoms with van der Waals surface area (Å²) in [5.74, 6) is 0.622. The van der Waals surface area contributed by atoms with Crippen molar-refractivity contribution in [2.24, 2.45) is 0 Å². The minimum atomic E-state index is -3.83. The first kappa shape index (κ1) is 17.1. The number of hydrogen-bond donors (Lipinski definition) is 2. The van der Waals surface area contributed by atoms with Gasteiger partial charge >= 0.3 is 0 Å². The van der Waals surface area contributed by atoms with Crippen LogP contribution in [0.25, 0.3) is 0 Å². The molecule has 0 aliphatic heterocycles. The quantitative estimate of drug-likeness (QED) is 0.687. The smallest absolute Gasteiger partial charge is 0.264 e. The molecule has 0 unspecified atom stereocenters. The lowest BCUT2D eigenvalue weighted by Crippen LogP contribution is -2.15. The van der Waals surface area contributed by atoms with Gasteiger partial charge in [-0.2, -0.15) is 0 Å². The van der Waals surface area contributed by atoms with Gasteiger partial charge in [-0.05, 0) is 35.9 Å². The molecule has 2 N–H and O–H groups in total. The van der Waals surface area contributed by atoms with Crippen molar-refractivity contribution in [1.29, 1.82) is 0 Å². The van der Waals surface area contributed by atoms with Gasteiger partial charge in [0.15, 0.2) is 5.82 Å². The highest BCUT2D eigenvalue weighted by Gasteiger charge is 2.18. The van der Waals surface area contributed by atoms with Crippen molar-refractivity contribution >= 4 is 33.3 Å². The van der Waals surface area contributed by atoms with E-state index < -0.39 is 10.0 Å². The lowest BCUT2D eigenvalue weighted by Gasteiger charge is -2.09. The molecule has 25 heavy (non-hydrogen) atoms. The van der Waals surface area contributed by atoms with Crippen molar-refractivity contribution in [2.45, 2.75) is 11.4 Å². The SMILES string of the molecule is O=S(=O)(Nc1ccc(NCc2cccnc2)nn1)c1ccccc1Cl. The van der Waals surface area contributed by atoms with Crippen LogP contribution >= 0.6 is 11.6 Å². The number of rotatable bonds is 6. The topological polar surface area (TPSA) is 96.9 Å². The zero-order valence-corrected chi connectivity index (χ0v) is 14.5. The summed E-state index contributed by atoms with van der Waals surface area (Å²) >= 11 is 5.93. The second-order valence-electron chi connectivity index (χ2n) is 5.05. The number of halogens is 1. The van der Waals surface area contributed by atoms with E-state index in [9.17, 15) is 8.42 Å². The van der Waals surface area contributed by atoms with E-state index in [-0.39, 0.29) is 15.7 Å². The number of nitrogens with one attached hydrogen (secondary N) is 2. The predicted octanol–water partition coefficient (Wildman–Crippen LogP) is 2.94. The van der Waals surface area contributed by atoms with Gasteiger partial charge in [0, 0.05) is 18.9 Å². The highest BCUT2D eigenvalue weighted by atomic mass is 35.5. The molecule has 0 amide bonds. The van der Waals surface area contributed by atoms with Gasteiger partial charge in [0.1, 0.15) is 10.7 Å². The molecule has 1 aromatic carbocycles. The Kier molecular flexibility index (Phi) is 5.11. The Bertz CT molecular complexity index is 950. The summed E-state index contributed by atoms with van der Waals surface area (Å²) in [7, 11) is -3.83. The summed E-state index contributed by atoms with van der Waals surface area (Å²) in [5, 5.41) is 11.0. The van der Waals surface area contributed by atoms with Crippen molar-refractivity contribution in [3.05, 3.63) is 71.5 Å². The molecule has 2 heterocycles. The zero-order chi connectivity index (χ0) is 17.7. The summed E-state index contributed by atoms with van der Waals surface area (Å²) in [6, 6.07) is 13.1. The third kappa shape index (κ3) is 4.43. The number of hydrogen-bond acceptors (Lipinski definition) is 6. The zero-order valence-electron chi connectivity index (χ0n) is 12.9. The Labute approximate surface area is 150 Å². The van der Waals surface area contributed by atoms with E-state index in [4.69, 9.17) is 11.6 Å². The number of aromatic nitrogens is 3. The number of anilines is 2. The van der Waals surface area contributed by atoms with Crippen LogP contribution in [-0.2, 0) is 16.6 Å². The molecule has 0 bridgehead atoms. The van der Waals surface area contributed by atoms with E-state index in [1.54, 1.807) is 30.6 Å². The monoisotopic (exact) mass is 375 g/mol. The molecule has 2 aromatic heterocycles. The van der Waals surface area contributed by atoms with Crippen molar-refractivity contribution in [3.8, 4) is 0 Å². The van der Waals surface area contributed by atoms with Gasteiger partial charge in [0.05, 0.1) is 5.02 Å². The summed E-state index contributed by atoms with van der Waals surface area (Å²) in [6.07, 6.45) is 3.44. The molecule has 0 atom stereocenters. The van der Waals surface area contributed by atoms with Crippen molar-refractivity contribution in [2.75, 3.05) is 10.0 Å². The van der Waals surface area contributed by atoms with Crippen LogP contribution in [0.1, 0.15) is 5.56 Å². The highest BCUT2D eigenvalue weighted by Crippen LogP contribution is 2.22. The summed E-state index contributed by atoms with van der Waals surface area (Å²) in [6.45, 7) is 0.535. The Morgan fingerprint density at radius 2 is 1.72 bits per heavy atom. The average Bonchev–Trinajstić information content (AvgIpc) is 2.62. The van der Waals surface area contributed by atoms with E-state index >= 15 is 0 Å². The number of sulfonamides is 1. The van der Waals surface area contributed by atoms with Crippen LogP contribution in [0.15, 0.2) is 65.8 Å². The van der Waals surface area contributed by atoms with Crippen LogP contribution in [-0.4, -0.2) is 23.6 Å². The second-order valence-corrected chi connectivity index (χ2v) is 7.11. The van der Waals surface area contributed by atoms with Crippen LogP contribution in [0.5, 0.6) is 0 Å². The fourth-order valence-electron chi connectivity index (χ4n) is 2.03. The van der Waals surface area contributed by atoms with E-state index in [2.05, 4.69) is 25.2 Å². The van der Waals surface area contributed by atoms with E-state index in [1.807, 2.05) is 12.1 Å². The lowest BCUT2D eigenvalue weighted by atomic mass is 10.3. The first-order valence-electron chi connectivity index (χ1n) is 7.28. The predicted molar refractivity (Wildman–Crippen MR) is 95.9 cm³/mol. The van der Waals surface area contributed by atoms with Crippen LogP contribution in [0.3, 0.4) is 0 Å². The summed E-state index contributed by atoms with van der Waals surface area (Å²) in [5.41, 5.74) is 0.993. The van der Waals surface area contributed by atoms with Crippen LogP contribution in [0.2, 0.25) is 5.02 Å². The Morgan fingerprint density at radius 3 is 2.40 bits per heavy atom. The van der Waals surface area contributed by atoms with Gasteiger partial charge in [-0.25, -0.2) is 8.42 Å². The molecular weight excluding hydrogens is 362 g/mol. The third-order valence-corrected chi connectivity index (χ3v) is 5.08. The van der Waals surface area contributed by atoms with Crippen molar-refractivity contribution in [1.82, 2.24) is 15.2 Å². The van der Waals surface area contributed by atoms with Crippen LogP contribution in [0, 0.1) is 0 Å². The third-order valence-electron chi connectivity index (χ3n) is 3.23. The van der Waals surface area contributed by atoms with Gasteiger partial charge in [-0.1, -0.05) is 29.8 Å². The molecule has 0 spiro atoms. The van der Waals surface area contributed by atoms with E-state index in [1.165, 1.54) is 18.2 Å². The maximum Gasteiger partial charge on any atom is 0.264 e. The molecule has 3 rings (SSSR count). The maximum atomic E-state index is 12.3. The largest absolute Gasteiger partial charge is 0.364 e. The standard InChI is InChI=1S/C16H14ClN5O2S/c17-13-5-1-2-6-14(13)25(23,24)22-16-8-7-15(20-21-16)19-11-12-4-3-9-18-10-12/h1-10H,11H2,(H,19,20)(H,21,22). The number of benzene rings is 1. The fraction of sp³-hybridized carbons (Fsp3) is 0.0625. The maximum absolute atomic E-state index is 12.3. The number of pyridine rings is 1. The van der Waals surface area contributed by atoms with Gasteiger partial charge in [0.2, 0.25) is 0 Å². The lowest BCUT2D eigenvalue weighted by molar-refractivity contribution is 0.601. The minimum Gasteiger partial charge on any atom is -0.364 e. The Morgan fingerprint density at radius 1 is 0.960 bits per heavy atom. The van der Waals surface area contributed by atoms with E-state index in [0.29, 0.717) is 12.4 Å². The molecule has 0 radical (unpaired) electrons. The molecule has 7 nitrogen and oxygen atoms in total. The second kappa shape index (κ2) is 7.45. The molecule has 9 heteroatoms. The van der Waals surface area contributed by atoms with E-state index in [0.717, 1.165) is 5.56 Å². The van der Waals surface area contributed by atoms with Gasteiger partial charge in [-0.3, -0.25) is 9.71 Å². The van der Waals surface area contributed by atoms with Crippen molar-refractivity contribution in [3.63, 3.8) is 0 Å². The molecule has 3 aromatic rings. The molecule has 0 saturated heterocycles. The molecule has 0 saturated carbocycles. The molecule has 128 valence electrons. The number of nitrogens with zero attached hydrogens (tertiary/aromatic N) is 3. The first-order chi connectivity index (χ1) is 12.0. The summed E-state index contributed by atoms with van der Waals surface area (Å²) < 4.78 is 27.0. The van der Waals surface area contributed by atoms with Gasteiger partial charge in [-0.15, -0.1) is 10.2 Å². The Balaban J connectivity index is 1.67. The molecule has 0 aliphatic rings. The normalized spacial score (nSPS) is 11.1. The first-order valence-corrected chi connectivity index (χ1v) is 9.14. The highest BCUT2D eigenvalue weighted by molar-refractivity contribution is 7.92. The molecule has 0 aliphatic carbocycles.